The fourth-order valence-corrected chi connectivity index (χ4v) is 2.05. The maximum atomic E-state index is 13.1. The number of benzene rings is 2. The second-order valence-corrected chi connectivity index (χ2v) is 4.52. The van der Waals surface area contributed by atoms with Gasteiger partial charge in [0.2, 0.25) is 0 Å². The second-order valence-electron chi connectivity index (χ2n) is 4.11. The van der Waals surface area contributed by atoms with E-state index in [0.29, 0.717) is 27.9 Å². The Labute approximate surface area is 126 Å². The zero-order valence-corrected chi connectivity index (χ0v) is 12.2. The van der Waals surface area contributed by atoms with Gasteiger partial charge in [0.15, 0.2) is 0 Å². The van der Waals surface area contributed by atoms with Crippen molar-refractivity contribution in [2.45, 2.75) is 0 Å². The minimum absolute atomic E-state index is 0.186. The number of hydrogen-bond acceptors (Lipinski definition) is 4. The number of anilines is 2. The van der Waals surface area contributed by atoms with Crippen LogP contribution in [-0.4, -0.2) is 14.2 Å². The highest BCUT2D eigenvalue weighted by molar-refractivity contribution is 6.32. The van der Waals surface area contributed by atoms with Crippen molar-refractivity contribution in [3.63, 3.8) is 0 Å². The molecule has 0 amide bonds. The van der Waals surface area contributed by atoms with Gasteiger partial charge in [-0.15, -0.1) is 0 Å². The van der Waals surface area contributed by atoms with Crippen molar-refractivity contribution in [3.8, 4) is 17.6 Å². The summed E-state index contributed by atoms with van der Waals surface area (Å²) in [6.07, 6.45) is 0. The molecule has 0 radical (unpaired) electrons. The molecule has 0 fully saturated rings. The molecule has 0 aliphatic rings. The molecule has 0 bridgehead atoms. The van der Waals surface area contributed by atoms with Crippen LogP contribution in [0.25, 0.3) is 0 Å². The second kappa shape index (κ2) is 6.33. The van der Waals surface area contributed by atoms with Crippen LogP contribution in [0.4, 0.5) is 15.8 Å². The summed E-state index contributed by atoms with van der Waals surface area (Å²) >= 11 is 6.03. The summed E-state index contributed by atoms with van der Waals surface area (Å²) in [6.45, 7) is 0. The molecule has 2 aromatic carbocycles. The van der Waals surface area contributed by atoms with E-state index < -0.39 is 5.82 Å². The third-order valence-corrected chi connectivity index (χ3v) is 3.14. The molecule has 0 spiro atoms. The van der Waals surface area contributed by atoms with E-state index in [1.807, 2.05) is 6.07 Å². The van der Waals surface area contributed by atoms with E-state index in [1.165, 1.54) is 26.4 Å². The van der Waals surface area contributed by atoms with Crippen LogP contribution in [0.3, 0.4) is 0 Å². The van der Waals surface area contributed by atoms with Gasteiger partial charge in [0.25, 0.3) is 0 Å². The molecule has 0 unspecified atom stereocenters. The molecule has 4 nitrogen and oxygen atoms in total. The smallest absolute Gasteiger partial charge is 0.144 e. The van der Waals surface area contributed by atoms with E-state index in [4.69, 9.17) is 26.3 Å². The van der Waals surface area contributed by atoms with Gasteiger partial charge in [0, 0.05) is 12.1 Å². The molecule has 0 saturated heterocycles. The first kappa shape index (κ1) is 14.9. The van der Waals surface area contributed by atoms with Crippen LogP contribution in [0.1, 0.15) is 5.56 Å². The molecule has 0 aromatic heterocycles. The minimum atomic E-state index is -0.474. The SMILES string of the molecule is COc1cc(Nc2ccc(F)cc2C#N)c(OC)cc1Cl. The number of nitriles is 1. The van der Waals surface area contributed by atoms with E-state index >= 15 is 0 Å². The average Bonchev–Trinajstić information content (AvgIpc) is 2.50. The van der Waals surface area contributed by atoms with Crippen LogP contribution in [-0.2, 0) is 0 Å². The van der Waals surface area contributed by atoms with Crippen molar-refractivity contribution < 1.29 is 13.9 Å². The van der Waals surface area contributed by atoms with Gasteiger partial charge in [-0.25, -0.2) is 4.39 Å². The average molecular weight is 307 g/mol. The molecule has 0 heterocycles. The quantitative estimate of drug-likeness (QED) is 0.923. The Morgan fingerprint density at radius 1 is 1.10 bits per heavy atom. The van der Waals surface area contributed by atoms with E-state index in [-0.39, 0.29) is 5.56 Å². The standard InChI is InChI=1S/C15H12ClFN2O2/c1-20-14-7-13(15(21-2)6-11(14)16)19-12-4-3-10(17)5-9(12)8-18/h3-7,19H,1-2H3. The number of halogens is 2. The highest BCUT2D eigenvalue weighted by Gasteiger charge is 2.12. The van der Waals surface area contributed by atoms with Crippen molar-refractivity contribution in [1.82, 2.24) is 0 Å². The number of rotatable bonds is 4. The first-order valence-electron chi connectivity index (χ1n) is 5.97. The first-order chi connectivity index (χ1) is 10.1. The molecule has 0 saturated carbocycles. The van der Waals surface area contributed by atoms with Crippen molar-refractivity contribution >= 4 is 23.0 Å². The van der Waals surface area contributed by atoms with E-state index in [9.17, 15) is 4.39 Å². The van der Waals surface area contributed by atoms with Crippen molar-refractivity contribution in [2.75, 3.05) is 19.5 Å². The van der Waals surface area contributed by atoms with Crippen LogP contribution >= 0.6 is 11.6 Å². The topological polar surface area (TPSA) is 54.3 Å². The molecule has 0 atom stereocenters. The number of ether oxygens (including phenoxy) is 2. The molecule has 21 heavy (non-hydrogen) atoms. The Bertz CT molecular complexity index is 714. The fraction of sp³-hybridized carbons (Fsp3) is 0.133. The lowest BCUT2D eigenvalue weighted by Gasteiger charge is -2.14. The van der Waals surface area contributed by atoms with Gasteiger partial charge >= 0.3 is 0 Å². The third kappa shape index (κ3) is 3.18. The van der Waals surface area contributed by atoms with Gasteiger partial charge in [0.1, 0.15) is 23.4 Å². The zero-order chi connectivity index (χ0) is 15.4. The largest absolute Gasteiger partial charge is 0.495 e. The normalized spacial score (nSPS) is 9.86. The van der Waals surface area contributed by atoms with Gasteiger partial charge in [-0.1, -0.05) is 11.6 Å². The number of methoxy groups -OCH3 is 2. The monoisotopic (exact) mass is 306 g/mol. The fourth-order valence-electron chi connectivity index (χ4n) is 1.82. The van der Waals surface area contributed by atoms with Gasteiger partial charge in [-0.2, -0.15) is 5.26 Å². The summed E-state index contributed by atoms with van der Waals surface area (Å²) in [5.41, 5.74) is 1.20. The van der Waals surface area contributed by atoms with E-state index in [2.05, 4.69) is 5.32 Å². The summed E-state index contributed by atoms with van der Waals surface area (Å²) in [5, 5.41) is 12.5. The summed E-state index contributed by atoms with van der Waals surface area (Å²) in [5.74, 6) is 0.465. The van der Waals surface area contributed by atoms with Crippen LogP contribution in [0.5, 0.6) is 11.5 Å². The van der Waals surface area contributed by atoms with Crippen molar-refractivity contribution in [1.29, 1.82) is 5.26 Å². The lowest BCUT2D eigenvalue weighted by Crippen LogP contribution is -1.98. The van der Waals surface area contributed by atoms with Crippen molar-refractivity contribution in [3.05, 3.63) is 46.7 Å². The van der Waals surface area contributed by atoms with Gasteiger partial charge < -0.3 is 14.8 Å². The Hall–Kier alpha value is -2.45. The zero-order valence-electron chi connectivity index (χ0n) is 11.4. The van der Waals surface area contributed by atoms with E-state index in [0.717, 1.165) is 6.07 Å². The Balaban J connectivity index is 2.46. The first-order valence-corrected chi connectivity index (χ1v) is 6.35. The van der Waals surface area contributed by atoms with Crippen molar-refractivity contribution in [2.24, 2.45) is 0 Å². The predicted octanol–water partition coefficient (Wildman–Crippen LogP) is 4.11. The minimum Gasteiger partial charge on any atom is -0.495 e. The molecule has 2 aromatic rings. The Morgan fingerprint density at radius 2 is 1.81 bits per heavy atom. The maximum absolute atomic E-state index is 13.1. The molecule has 0 aliphatic heterocycles. The van der Waals surface area contributed by atoms with E-state index in [1.54, 1.807) is 12.1 Å². The number of nitrogens with zero attached hydrogens (tertiary/aromatic N) is 1. The van der Waals surface area contributed by atoms with Crippen LogP contribution < -0.4 is 14.8 Å². The number of hydrogen-bond donors (Lipinski definition) is 1. The lowest BCUT2D eigenvalue weighted by molar-refractivity contribution is 0.405. The summed E-state index contributed by atoms with van der Waals surface area (Å²) in [4.78, 5) is 0. The van der Waals surface area contributed by atoms with Gasteiger partial charge in [0.05, 0.1) is 36.2 Å². The molecule has 6 heteroatoms. The Kier molecular flexibility index (Phi) is 4.51. The van der Waals surface area contributed by atoms with Crippen LogP contribution in [0.2, 0.25) is 5.02 Å². The third-order valence-electron chi connectivity index (χ3n) is 2.85. The van der Waals surface area contributed by atoms with Crippen LogP contribution in [0, 0.1) is 17.1 Å². The predicted molar refractivity (Wildman–Crippen MR) is 79.0 cm³/mol. The molecule has 2 rings (SSSR count). The highest BCUT2D eigenvalue weighted by atomic mass is 35.5. The molecular weight excluding hydrogens is 295 g/mol. The highest BCUT2D eigenvalue weighted by Crippen LogP contribution is 2.37. The van der Waals surface area contributed by atoms with Gasteiger partial charge in [-0.3, -0.25) is 0 Å². The molecule has 0 aliphatic carbocycles. The molecule has 1 N–H and O–H groups in total. The summed E-state index contributed by atoms with van der Waals surface area (Å²) in [6, 6.07) is 9.08. The summed E-state index contributed by atoms with van der Waals surface area (Å²) < 4.78 is 23.5. The Morgan fingerprint density at radius 3 is 2.43 bits per heavy atom. The number of nitrogens with one attached hydrogen (secondary N) is 1. The van der Waals surface area contributed by atoms with Crippen LogP contribution in [0.15, 0.2) is 30.3 Å². The summed E-state index contributed by atoms with van der Waals surface area (Å²) in [7, 11) is 3.00. The van der Waals surface area contributed by atoms with Gasteiger partial charge in [-0.05, 0) is 18.2 Å². The lowest BCUT2D eigenvalue weighted by atomic mass is 10.1. The molecule has 108 valence electrons. The molecular formula is C15H12ClFN2O2. The maximum Gasteiger partial charge on any atom is 0.144 e.